The highest BCUT2D eigenvalue weighted by atomic mass is 16.2. The molecule has 0 radical (unpaired) electrons. The van der Waals surface area contributed by atoms with Crippen molar-refractivity contribution in [3.8, 4) is 0 Å². The first-order valence-corrected chi connectivity index (χ1v) is 6.92. The summed E-state index contributed by atoms with van der Waals surface area (Å²) in [5.74, 6) is 0.0685. The first-order chi connectivity index (χ1) is 8.83. The molecule has 0 fully saturated rings. The molecule has 0 spiro atoms. The van der Waals surface area contributed by atoms with Crippen LogP contribution in [0.3, 0.4) is 0 Å². The van der Waals surface area contributed by atoms with Gasteiger partial charge in [-0.25, -0.2) is 0 Å². The number of nitrogens with one attached hydrogen (secondary N) is 2. The lowest BCUT2D eigenvalue weighted by atomic mass is 9.92. The van der Waals surface area contributed by atoms with Gasteiger partial charge in [0.25, 0.3) is 0 Å². The molecule has 1 rings (SSSR count). The molecule has 108 valence electrons. The van der Waals surface area contributed by atoms with Crippen LogP contribution in [0.1, 0.15) is 37.7 Å². The van der Waals surface area contributed by atoms with Crippen LogP contribution in [0.4, 0.5) is 0 Å². The maximum absolute atomic E-state index is 11.7. The molecule has 0 bridgehead atoms. The van der Waals surface area contributed by atoms with Gasteiger partial charge in [0, 0.05) is 38.1 Å². The monoisotopic (exact) mass is 265 g/mol. The summed E-state index contributed by atoms with van der Waals surface area (Å²) in [6, 6.07) is 2.22. The molecule has 1 aromatic rings. The Morgan fingerprint density at radius 2 is 2.00 bits per heavy atom. The molecule has 0 aromatic carbocycles. The number of hydrogen-bond acceptors (Lipinski definition) is 2. The smallest absolute Gasteiger partial charge is 0.226 e. The van der Waals surface area contributed by atoms with Gasteiger partial charge < -0.3 is 15.2 Å². The number of hydrogen-bond donors (Lipinski definition) is 2. The highest BCUT2D eigenvalue weighted by molar-refractivity contribution is 5.81. The minimum Gasteiger partial charge on any atom is -0.359 e. The fraction of sp³-hybridized carbons (Fsp3) is 0.667. The Balaban J connectivity index is 2.61. The summed E-state index contributed by atoms with van der Waals surface area (Å²) >= 11 is 0. The summed E-state index contributed by atoms with van der Waals surface area (Å²) in [6.07, 6.45) is 0. The van der Waals surface area contributed by atoms with E-state index in [2.05, 4.69) is 42.0 Å². The average molecular weight is 265 g/mol. The molecular formula is C15H27N3O. The van der Waals surface area contributed by atoms with E-state index in [9.17, 15) is 4.79 Å². The van der Waals surface area contributed by atoms with Crippen LogP contribution in [0.15, 0.2) is 6.07 Å². The molecule has 1 heterocycles. The van der Waals surface area contributed by atoms with Crippen LogP contribution < -0.4 is 10.6 Å². The average Bonchev–Trinajstić information content (AvgIpc) is 2.62. The molecule has 1 amide bonds. The van der Waals surface area contributed by atoms with Gasteiger partial charge in [0.2, 0.25) is 5.91 Å². The molecule has 1 aromatic heterocycles. The summed E-state index contributed by atoms with van der Waals surface area (Å²) < 4.78 is 2.31. The van der Waals surface area contributed by atoms with Crippen LogP contribution >= 0.6 is 0 Å². The first kappa shape index (κ1) is 15.8. The third kappa shape index (κ3) is 3.60. The summed E-state index contributed by atoms with van der Waals surface area (Å²) in [4.78, 5) is 11.7. The summed E-state index contributed by atoms with van der Waals surface area (Å²) in [5, 5.41) is 6.09. The van der Waals surface area contributed by atoms with E-state index in [4.69, 9.17) is 0 Å². The second-order valence-corrected chi connectivity index (χ2v) is 5.71. The number of carbonyl (C=O) groups is 1. The standard InChI is InChI=1S/C15H27N3O/c1-7-18-11(2)8-13(12(18)3)9-17-10-15(4,5)14(19)16-6/h8,17H,7,9-10H2,1-6H3,(H,16,19). The van der Waals surface area contributed by atoms with Gasteiger partial charge in [-0.05, 0) is 46.2 Å². The molecule has 2 N–H and O–H groups in total. The third-order valence-corrected chi connectivity index (χ3v) is 3.72. The van der Waals surface area contributed by atoms with Crippen LogP contribution in [0.5, 0.6) is 0 Å². The summed E-state index contributed by atoms with van der Waals surface area (Å²) in [7, 11) is 1.68. The van der Waals surface area contributed by atoms with Crippen molar-refractivity contribution in [3.63, 3.8) is 0 Å². The zero-order valence-corrected chi connectivity index (χ0v) is 13.1. The maximum atomic E-state index is 11.7. The molecule has 0 aliphatic heterocycles. The van der Waals surface area contributed by atoms with Crippen LogP contribution in [0, 0.1) is 19.3 Å². The fourth-order valence-corrected chi connectivity index (χ4v) is 2.47. The Morgan fingerprint density at radius 1 is 1.37 bits per heavy atom. The Hall–Kier alpha value is -1.29. The molecule has 4 heteroatoms. The third-order valence-electron chi connectivity index (χ3n) is 3.72. The Kier molecular flexibility index (Phi) is 5.18. The number of carbonyl (C=O) groups excluding carboxylic acids is 1. The van der Waals surface area contributed by atoms with Gasteiger partial charge in [-0.3, -0.25) is 4.79 Å². The Labute approximate surface area is 116 Å². The second kappa shape index (κ2) is 6.24. The minimum atomic E-state index is -0.384. The van der Waals surface area contributed by atoms with Gasteiger partial charge in [-0.1, -0.05) is 0 Å². The molecule has 0 saturated heterocycles. The number of rotatable bonds is 6. The van der Waals surface area contributed by atoms with Crippen molar-refractivity contribution < 1.29 is 4.79 Å². The van der Waals surface area contributed by atoms with Gasteiger partial charge in [-0.15, -0.1) is 0 Å². The van der Waals surface area contributed by atoms with Crippen molar-refractivity contribution in [2.24, 2.45) is 5.41 Å². The summed E-state index contributed by atoms with van der Waals surface area (Å²) in [6.45, 7) is 12.8. The van der Waals surface area contributed by atoms with E-state index in [0.717, 1.165) is 13.1 Å². The summed E-state index contributed by atoms with van der Waals surface area (Å²) in [5.41, 5.74) is 3.53. The van der Waals surface area contributed by atoms with Crippen LogP contribution in [0.25, 0.3) is 0 Å². The molecule has 0 aliphatic carbocycles. The van der Waals surface area contributed by atoms with E-state index in [1.54, 1.807) is 7.05 Å². The zero-order valence-electron chi connectivity index (χ0n) is 13.1. The topological polar surface area (TPSA) is 46.1 Å². The van der Waals surface area contributed by atoms with E-state index in [1.807, 2.05) is 13.8 Å². The van der Waals surface area contributed by atoms with Gasteiger partial charge in [-0.2, -0.15) is 0 Å². The van der Waals surface area contributed by atoms with Gasteiger partial charge in [0.05, 0.1) is 5.41 Å². The molecule has 0 aliphatic rings. The molecule has 0 atom stereocenters. The van der Waals surface area contributed by atoms with E-state index in [-0.39, 0.29) is 11.3 Å². The lowest BCUT2D eigenvalue weighted by molar-refractivity contribution is -0.128. The van der Waals surface area contributed by atoms with Crippen molar-refractivity contribution >= 4 is 5.91 Å². The van der Waals surface area contributed by atoms with Crippen LogP contribution in [0.2, 0.25) is 0 Å². The van der Waals surface area contributed by atoms with E-state index in [0.29, 0.717) is 6.54 Å². The van der Waals surface area contributed by atoms with Gasteiger partial charge >= 0.3 is 0 Å². The van der Waals surface area contributed by atoms with Gasteiger partial charge in [0.1, 0.15) is 0 Å². The molecular weight excluding hydrogens is 238 g/mol. The van der Waals surface area contributed by atoms with Crippen molar-refractivity contribution in [2.45, 2.75) is 47.7 Å². The highest BCUT2D eigenvalue weighted by Crippen LogP contribution is 2.16. The predicted molar refractivity (Wildman–Crippen MR) is 79.1 cm³/mol. The predicted octanol–water partition coefficient (Wildman–Crippen LogP) is 1.99. The highest BCUT2D eigenvalue weighted by Gasteiger charge is 2.25. The quantitative estimate of drug-likeness (QED) is 0.826. The lowest BCUT2D eigenvalue weighted by Gasteiger charge is -2.23. The normalized spacial score (nSPS) is 11.7. The number of aryl methyl sites for hydroxylation is 1. The molecule has 4 nitrogen and oxygen atoms in total. The van der Waals surface area contributed by atoms with Crippen LogP contribution in [-0.4, -0.2) is 24.1 Å². The SMILES string of the molecule is CCn1c(C)cc(CNCC(C)(C)C(=O)NC)c1C. The van der Waals surface area contributed by atoms with Crippen molar-refractivity contribution in [3.05, 3.63) is 23.0 Å². The van der Waals surface area contributed by atoms with Crippen molar-refractivity contribution in [1.82, 2.24) is 15.2 Å². The van der Waals surface area contributed by atoms with Crippen molar-refractivity contribution in [2.75, 3.05) is 13.6 Å². The zero-order chi connectivity index (χ0) is 14.6. The van der Waals surface area contributed by atoms with Gasteiger partial charge in [0.15, 0.2) is 0 Å². The number of nitrogens with zero attached hydrogens (tertiary/aromatic N) is 1. The first-order valence-electron chi connectivity index (χ1n) is 6.92. The van der Waals surface area contributed by atoms with Crippen molar-refractivity contribution in [1.29, 1.82) is 0 Å². The molecule has 0 unspecified atom stereocenters. The number of aromatic nitrogens is 1. The van der Waals surface area contributed by atoms with E-state index < -0.39 is 0 Å². The minimum absolute atomic E-state index is 0.0685. The molecule has 0 saturated carbocycles. The lowest BCUT2D eigenvalue weighted by Crippen LogP contribution is -2.41. The Bertz CT molecular complexity index is 446. The second-order valence-electron chi connectivity index (χ2n) is 5.71. The largest absolute Gasteiger partial charge is 0.359 e. The fourth-order valence-electron chi connectivity index (χ4n) is 2.47. The van der Waals surface area contributed by atoms with Crippen LogP contribution in [-0.2, 0) is 17.9 Å². The number of amides is 1. The Morgan fingerprint density at radius 3 is 2.47 bits per heavy atom. The maximum Gasteiger partial charge on any atom is 0.226 e. The van der Waals surface area contributed by atoms with E-state index in [1.165, 1.54) is 17.0 Å². The van der Waals surface area contributed by atoms with E-state index >= 15 is 0 Å². The molecule has 19 heavy (non-hydrogen) atoms.